The van der Waals surface area contributed by atoms with Gasteiger partial charge in [0.1, 0.15) is 5.01 Å². The first-order valence-corrected chi connectivity index (χ1v) is 10.1. The Kier molecular flexibility index (Phi) is 10.3. The normalized spacial score (nSPS) is 17.3. The third-order valence-electron chi connectivity index (χ3n) is 4.83. The molecular formula is C18H34IN5OS. The van der Waals surface area contributed by atoms with Gasteiger partial charge < -0.3 is 20.3 Å². The van der Waals surface area contributed by atoms with Crippen molar-refractivity contribution in [3.8, 4) is 0 Å². The van der Waals surface area contributed by atoms with Gasteiger partial charge in [0, 0.05) is 37.2 Å². The highest BCUT2D eigenvalue weighted by molar-refractivity contribution is 14.0. The summed E-state index contributed by atoms with van der Waals surface area (Å²) in [5.41, 5.74) is 1.28. The van der Waals surface area contributed by atoms with Gasteiger partial charge in [-0.3, -0.25) is 0 Å². The molecule has 2 heterocycles. The maximum absolute atomic E-state index is 5.55. The second-order valence-corrected chi connectivity index (χ2v) is 8.04. The van der Waals surface area contributed by atoms with Crippen molar-refractivity contribution in [2.24, 2.45) is 4.99 Å². The van der Waals surface area contributed by atoms with Gasteiger partial charge in [-0.2, -0.15) is 0 Å². The molecule has 1 aliphatic rings. The molecule has 0 atom stereocenters. The van der Waals surface area contributed by atoms with Gasteiger partial charge in [-0.05, 0) is 39.8 Å². The Balaban J connectivity index is 0.00000338. The lowest BCUT2D eigenvalue weighted by molar-refractivity contribution is -0.00501. The molecule has 0 unspecified atom stereocenters. The van der Waals surface area contributed by atoms with E-state index in [4.69, 9.17) is 9.73 Å². The standard InChI is InChI=1S/C18H33N5OS.HI/c1-6-19-17(20-11-16-22-15(12-25-16)14(2)3)21-13-18(23(4)5)7-9-24-10-8-18;/h12,14H,6-11,13H2,1-5H3,(H2,19,20,21);1H. The molecule has 0 radical (unpaired) electrons. The molecule has 1 aromatic rings. The highest BCUT2D eigenvalue weighted by Gasteiger charge is 2.34. The Bertz CT molecular complexity index is 556. The number of hydrogen-bond donors (Lipinski definition) is 2. The number of guanidine groups is 1. The molecule has 2 N–H and O–H groups in total. The number of likely N-dealkylation sites (N-methyl/N-ethyl adjacent to an activating group) is 1. The SMILES string of the molecule is CCNC(=NCc1nc(C(C)C)cs1)NCC1(N(C)C)CCOCC1.I. The fourth-order valence-electron chi connectivity index (χ4n) is 2.93. The van der Waals surface area contributed by atoms with E-state index in [2.05, 4.69) is 60.8 Å². The van der Waals surface area contributed by atoms with E-state index >= 15 is 0 Å². The lowest BCUT2D eigenvalue weighted by Gasteiger charge is -2.43. The maximum Gasteiger partial charge on any atom is 0.191 e. The second-order valence-electron chi connectivity index (χ2n) is 7.10. The minimum absolute atomic E-state index is 0. The Morgan fingerprint density at radius 3 is 2.58 bits per heavy atom. The summed E-state index contributed by atoms with van der Waals surface area (Å²) in [6.45, 7) is 10.4. The summed E-state index contributed by atoms with van der Waals surface area (Å²) in [7, 11) is 4.31. The summed E-state index contributed by atoms with van der Waals surface area (Å²) < 4.78 is 5.55. The number of aliphatic imine (C=N–C) groups is 1. The maximum atomic E-state index is 5.55. The molecule has 1 fully saturated rings. The van der Waals surface area contributed by atoms with Crippen LogP contribution in [0.2, 0.25) is 0 Å². The van der Waals surface area contributed by atoms with E-state index in [0.717, 1.165) is 55.8 Å². The van der Waals surface area contributed by atoms with Crippen LogP contribution in [0.4, 0.5) is 0 Å². The molecule has 1 aliphatic heterocycles. The molecule has 0 amide bonds. The molecule has 0 bridgehead atoms. The summed E-state index contributed by atoms with van der Waals surface area (Å²) in [5, 5.41) is 10.1. The van der Waals surface area contributed by atoms with Gasteiger partial charge in [0.15, 0.2) is 5.96 Å². The van der Waals surface area contributed by atoms with E-state index in [0.29, 0.717) is 12.5 Å². The van der Waals surface area contributed by atoms with E-state index < -0.39 is 0 Å². The highest BCUT2D eigenvalue weighted by Crippen LogP contribution is 2.25. The van der Waals surface area contributed by atoms with Crippen molar-refractivity contribution in [1.82, 2.24) is 20.5 Å². The molecule has 6 nitrogen and oxygen atoms in total. The zero-order valence-corrected chi connectivity index (χ0v) is 19.8. The van der Waals surface area contributed by atoms with E-state index in [1.54, 1.807) is 11.3 Å². The molecule has 0 aliphatic carbocycles. The quantitative estimate of drug-likeness (QED) is 0.346. The van der Waals surface area contributed by atoms with Crippen LogP contribution >= 0.6 is 35.3 Å². The van der Waals surface area contributed by atoms with Crippen LogP contribution in [0.5, 0.6) is 0 Å². The van der Waals surface area contributed by atoms with Gasteiger partial charge in [0.05, 0.1) is 12.2 Å². The summed E-state index contributed by atoms with van der Waals surface area (Å²) in [4.78, 5) is 11.7. The minimum atomic E-state index is 0. The number of hydrogen-bond acceptors (Lipinski definition) is 5. The van der Waals surface area contributed by atoms with E-state index in [9.17, 15) is 0 Å². The Hall–Kier alpha value is -0.450. The minimum Gasteiger partial charge on any atom is -0.381 e. The Morgan fingerprint density at radius 1 is 1.35 bits per heavy atom. The molecule has 0 saturated carbocycles. The van der Waals surface area contributed by atoms with Crippen molar-refractivity contribution >= 4 is 41.3 Å². The zero-order chi connectivity index (χ0) is 18.3. The number of aromatic nitrogens is 1. The molecule has 8 heteroatoms. The smallest absolute Gasteiger partial charge is 0.191 e. The molecular weight excluding hydrogens is 461 g/mol. The average molecular weight is 495 g/mol. The van der Waals surface area contributed by atoms with Crippen molar-refractivity contribution in [2.75, 3.05) is 40.4 Å². The van der Waals surface area contributed by atoms with Gasteiger partial charge in [-0.15, -0.1) is 35.3 Å². The highest BCUT2D eigenvalue weighted by atomic mass is 127. The number of halogens is 1. The predicted molar refractivity (Wildman–Crippen MR) is 121 cm³/mol. The first-order chi connectivity index (χ1) is 12.0. The number of thiazole rings is 1. The predicted octanol–water partition coefficient (Wildman–Crippen LogP) is 3.05. The van der Waals surface area contributed by atoms with E-state index in [-0.39, 0.29) is 29.5 Å². The van der Waals surface area contributed by atoms with Crippen LogP contribution in [-0.2, 0) is 11.3 Å². The number of ether oxygens (including phenoxy) is 1. The number of nitrogens with one attached hydrogen (secondary N) is 2. The molecule has 0 spiro atoms. The lowest BCUT2D eigenvalue weighted by Crippen LogP contribution is -2.57. The lowest BCUT2D eigenvalue weighted by atomic mass is 9.88. The monoisotopic (exact) mass is 495 g/mol. The zero-order valence-electron chi connectivity index (χ0n) is 16.7. The van der Waals surface area contributed by atoms with Crippen molar-refractivity contribution in [1.29, 1.82) is 0 Å². The van der Waals surface area contributed by atoms with Crippen LogP contribution in [0.25, 0.3) is 0 Å². The average Bonchev–Trinajstić information content (AvgIpc) is 3.07. The largest absolute Gasteiger partial charge is 0.381 e. The van der Waals surface area contributed by atoms with Crippen LogP contribution in [0.15, 0.2) is 10.4 Å². The topological polar surface area (TPSA) is 61.8 Å². The first kappa shape index (κ1) is 23.6. The van der Waals surface area contributed by atoms with Crippen LogP contribution < -0.4 is 10.6 Å². The Morgan fingerprint density at radius 2 is 2.04 bits per heavy atom. The molecule has 1 saturated heterocycles. The van der Waals surface area contributed by atoms with Crippen LogP contribution in [0.3, 0.4) is 0 Å². The molecule has 1 aromatic heterocycles. The van der Waals surface area contributed by atoms with Crippen molar-refractivity contribution < 1.29 is 4.74 Å². The third-order valence-corrected chi connectivity index (χ3v) is 5.69. The first-order valence-electron chi connectivity index (χ1n) is 9.18. The van der Waals surface area contributed by atoms with Crippen LogP contribution in [0, 0.1) is 0 Å². The molecule has 0 aromatic carbocycles. The van der Waals surface area contributed by atoms with Gasteiger partial charge in [-0.25, -0.2) is 9.98 Å². The molecule has 150 valence electrons. The fraction of sp³-hybridized carbons (Fsp3) is 0.778. The van der Waals surface area contributed by atoms with Crippen molar-refractivity contribution in [3.05, 3.63) is 16.1 Å². The molecule has 26 heavy (non-hydrogen) atoms. The van der Waals surface area contributed by atoms with Crippen LogP contribution in [-0.4, -0.2) is 61.8 Å². The fourth-order valence-corrected chi connectivity index (χ4v) is 3.81. The van der Waals surface area contributed by atoms with Crippen molar-refractivity contribution in [2.45, 2.75) is 51.6 Å². The van der Waals surface area contributed by atoms with Crippen LogP contribution in [0.1, 0.15) is 50.2 Å². The number of nitrogens with zero attached hydrogens (tertiary/aromatic N) is 3. The summed E-state index contributed by atoms with van der Waals surface area (Å²) in [6, 6.07) is 0. The van der Waals surface area contributed by atoms with Gasteiger partial charge in [0.2, 0.25) is 0 Å². The summed E-state index contributed by atoms with van der Waals surface area (Å²) >= 11 is 1.69. The number of rotatable bonds is 7. The molecule has 2 rings (SSSR count). The van der Waals surface area contributed by atoms with Gasteiger partial charge in [-0.1, -0.05) is 13.8 Å². The van der Waals surface area contributed by atoms with Gasteiger partial charge in [0.25, 0.3) is 0 Å². The summed E-state index contributed by atoms with van der Waals surface area (Å²) in [6.07, 6.45) is 2.08. The van der Waals surface area contributed by atoms with E-state index in [1.807, 2.05) is 0 Å². The third kappa shape index (κ3) is 6.61. The Labute approximate surface area is 179 Å². The summed E-state index contributed by atoms with van der Waals surface area (Å²) in [5.74, 6) is 1.32. The van der Waals surface area contributed by atoms with E-state index in [1.165, 1.54) is 0 Å². The second kappa shape index (κ2) is 11.4. The van der Waals surface area contributed by atoms with Crippen molar-refractivity contribution in [3.63, 3.8) is 0 Å². The van der Waals surface area contributed by atoms with Gasteiger partial charge >= 0.3 is 0 Å².